The standard InChI is InChI=1S/C26H34N2O5/c1-18(2)14-16-26(33,17-15-19(3)4)25(32)27-28(20-10-6-5-7-11-20)23(29)21-12-8-9-13-22(21)24(30)31/h5-13,18-19,33H,14-17H2,1-4H3,(H,27,32)(H,30,31). The number of hydrazine groups is 1. The SMILES string of the molecule is CC(C)CCC(O)(CCC(C)C)C(=O)NN(C(=O)c1ccccc1C(=O)O)c1ccccc1. The van der Waals surface area contributed by atoms with Crippen LogP contribution in [0, 0.1) is 11.8 Å². The van der Waals surface area contributed by atoms with E-state index in [4.69, 9.17) is 0 Å². The third-order valence-electron chi connectivity index (χ3n) is 5.51. The number of rotatable bonds is 10. The molecule has 178 valence electrons. The zero-order chi connectivity index (χ0) is 24.6. The van der Waals surface area contributed by atoms with Gasteiger partial charge in [0, 0.05) is 0 Å². The number of amides is 2. The van der Waals surface area contributed by atoms with Gasteiger partial charge in [0.15, 0.2) is 0 Å². The van der Waals surface area contributed by atoms with Crippen LogP contribution in [0.5, 0.6) is 0 Å². The van der Waals surface area contributed by atoms with Gasteiger partial charge in [-0.15, -0.1) is 0 Å². The molecule has 2 amide bonds. The predicted octanol–water partition coefficient (Wildman–Crippen LogP) is 4.67. The zero-order valence-electron chi connectivity index (χ0n) is 19.7. The Morgan fingerprint density at radius 1 is 0.848 bits per heavy atom. The highest BCUT2D eigenvalue weighted by atomic mass is 16.4. The number of nitrogens with one attached hydrogen (secondary N) is 1. The van der Waals surface area contributed by atoms with Crippen LogP contribution >= 0.6 is 0 Å². The van der Waals surface area contributed by atoms with Crippen molar-refractivity contribution in [1.82, 2.24) is 5.43 Å². The molecule has 0 aliphatic rings. The molecule has 7 heteroatoms. The van der Waals surface area contributed by atoms with Gasteiger partial charge in [-0.25, -0.2) is 9.80 Å². The first-order chi connectivity index (χ1) is 15.5. The second kappa shape index (κ2) is 11.6. The monoisotopic (exact) mass is 454 g/mol. The van der Waals surface area contributed by atoms with Crippen molar-refractivity contribution in [3.8, 4) is 0 Å². The first-order valence-electron chi connectivity index (χ1n) is 11.3. The fourth-order valence-electron chi connectivity index (χ4n) is 3.40. The lowest BCUT2D eigenvalue weighted by molar-refractivity contribution is -0.142. The number of carboxylic acid groups (broad SMARTS) is 1. The maximum Gasteiger partial charge on any atom is 0.336 e. The molecule has 0 aliphatic carbocycles. The van der Waals surface area contributed by atoms with E-state index in [1.807, 2.05) is 27.7 Å². The Kier molecular flexibility index (Phi) is 9.17. The molecule has 0 atom stereocenters. The average molecular weight is 455 g/mol. The van der Waals surface area contributed by atoms with E-state index >= 15 is 0 Å². The molecule has 33 heavy (non-hydrogen) atoms. The highest BCUT2D eigenvalue weighted by Crippen LogP contribution is 2.26. The minimum Gasteiger partial charge on any atom is -0.478 e. The van der Waals surface area contributed by atoms with E-state index in [9.17, 15) is 24.6 Å². The summed E-state index contributed by atoms with van der Waals surface area (Å²) in [6, 6.07) is 14.3. The van der Waals surface area contributed by atoms with Crippen molar-refractivity contribution in [2.24, 2.45) is 11.8 Å². The lowest BCUT2D eigenvalue weighted by Crippen LogP contribution is -2.56. The van der Waals surface area contributed by atoms with E-state index < -0.39 is 23.4 Å². The minimum absolute atomic E-state index is 0.0675. The molecule has 2 rings (SSSR count). The summed E-state index contributed by atoms with van der Waals surface area (Å²) in [5, 5.41) is 21.9. The number of carbonyl (C=O) groups is 3. The number of aliphatic hydroxyl groups is 1. The van der Waals surface area contributed by atoms with E-state index in [0.29, 0.717) is 18.5 Å². The molecule has 0 bridgehead atoms. The number of nitrogens with zero attached hydrogens (tertiary/aromatic N) is 1. The number of hydrogen-bond donors (Lipinski definition) is 3. The molecule has 0 saturated heterocycles. The first-order valence-corrected chi connectivity index (χ1v) is 11.3. The summed E-state index contributed by atoms with van der Waals surface area (Å²) < 4.78 is 0. The molecule has 3 N–H and O–H groups in total. The highest BCUT2D eigenvalue weighted by Gasteiger charge is 2.38. The van der Waals surface area contributed by atoms with Gasteiger partial charge in [0.1, 0.15) is 5.60 Å². The van der Waals surface area contributed by atoms with Crippen molar-refractivity contribution in [2.75, 3.05) is 5.01 Å². The van der Waals surface area contributed by atoms with Gasteiger partial charge in [0.05, 0.1) is 16.8 Å². The van der Waals surface area contributed by atoms with E-state index in [1.54, 1.807) is 36.4 Å². The van der Waals surface area contributed by atoms with Crippen LogP contribution in [0.15, 0.2) is 54.6 Å². The molecule has 2 aromatic carbocycles. The average Bonchev–Trinajstić information content (AvgIpc) is 2.79. The molecule has 0 radical (unpaired) electrons. The Morgan fingerprint density at radius 2 is 1.33 bits per heavy atom. The van der Waals surface area contributed by atoms with Gasteiger partial charge in [-0.2, -0.15) is 0 Å². The number of carboxylic acids is 1. The molecular formula is C26H34N2O5. The lowest BCUT2D eigenvalue weighted by Gasteiger charge is -2.32. The molecule has 0 spiro atoms. The van der Waals surface area contributed by atoms with Crippen molar-refractivity contribution < 1.29 is 24.6 Å². The van der Waals surface area contributed by atoms with Crippen LogP contribution in [0.25, 0.3) is 0 Å². The van der Waals surface area contributed by atoms with Crippen LogP contribution in [-0.2, 0) is 4.79 Å². The molecule has 2 aromatic rings. The molecule has 0 fully saturated rings. The van der Waals surface area contributed by atoms with Crippen molar-refractivity contribution in [2.45, 2.75) is 59.0 Å². The topological polar surface area (TPSA) is 107 Å². The Labute approximate surface area is 195 Å². The van der Waals surface area contributed by atoms with Crippen LogP contribution in [0.4, 0.5) is 5.69 Å². The van der Waals surface area contributed by atoms with Crippen LogP contribution < -0.4 is 10.4 Å². The summed E-state index contributed by atoms with van der Waals surface area (Å²) in [5.74, 6) is -2.06. The zero-order valence-corrected chi connectivity index (χ0v) is 19.7. The van der Waals surface area contributed by atoms with E-state index in [2.05, 4.69) is 5.43 Å². The maximum absolute atomic E-state index is 13.4. The molecular weight excluding hydrogens is 420 g/mol. The molecule has 0 saturated carbocycles. The number of benzene rings is 2. The molecule has 7 nitrogen and oxygen atoms in total. The molecule has 0 heterocycles. The molecule has 0 aliphatic heterocycles. The van der Waals surface area contributed by atoms with Gasteiger partial charge in [-0.05, 0) is 61.8 Å². The van der Waals surface area contributed by atoms with Crippen molar-refractivity contribution in [3.63, 3.8) is 0 Å². The van der Waals surface area contributed by atoms with Gasteiger partial charge in [0.2, 0.25) is 0 Å². The largest absolute Gasteiger partial charge is 0.478 e. The Morgan fingerprint density at radius 3 is 1.82 bits per heavy atom. The van der Waals surface area contributed by atoms with Gasteiger partial charge >= 0.3 is 5.97 Å². The summed E-state index contributed by atoms with van der Waals surface area (Å²) in [4.78, 5) is 38.5. The predicted molar refractivity (Wildman–Crippen MR) is 128 cm³/mol. The number of aromatic carboxylic acids is 1. The van der Waals surface area contributed by atoms with Crippen LogP contribution in [0.1, 0.15) is 74.1 Å². The van der Waals surface area contributed by atoms with E-state index in [1.165, 1.54) is 18.2 Å². The molecule has 0 unspecified atom stereocenters. The number of anilines is 1. The second-order valence-electron chi connectivity index (χ2n) is 9.16. The van der Waals surface area contributed by atoms with Crippen molar-refractivity contribution >= 4 is 23.5 Å². The smallest absolute Gasteiger partial charge is 0.336 e. The van der Waals surface area contributed by atoms with Gasteiger partial charge in [0.25, 0.3) is 11.8 Å². The normalized spacial score (nSPS) is 11.5. The quantitative estimate of drug-likeness (QED) is 0.453. The van der Waals surface area contributed by atoms with Gasteiger partial charge in [-0.1, -0.05) is 58.0 Å². The van der Waals surface area contributed by atoms with E-state index in [0.717, 1.165) is 5.01 Å². The Hall–Kier alpha value is -3.19. The minimum atomic E-state index is -1.66. The van der Waals surface area contributed by atoms with Crippen LogP contribution in [-0.4, -0.2) is 33.6 Å². The Bertz CT molecular complexity index is 944. The summed E-state index contributed by atoms with van der Waals surface area (Å²) in [6.07, 6.45) is 1.80. The number of para-hydroxylation sites is 1. The Balaban J connectivity index is 2.43. The number of hydrogen-bond acceptors (Lipinski definition) is 4. The summed E-state index contributed by atoms with van der Waals surface area (Å²) >= 11 is 0. The first kappa shape index (κ1) is 26.1. The van der Waals surface area contributed by atoms with E-state index in [-0.39, 0.29) is 35.8 Å². The van der Waals surface area contributed by atoms with Gasteiger partial charge < -0.3 is 10.2 Å². The summed E-state index contributed by atoms with van der Waals surface area (Å²) in [6.45, 7) is 8.07. The van der Waals surface area contributed by atoms with Gasteiger partial charge in [-0.3, -0.25) is 15.0 Å². The number of carbonyl (C=O) groups excluding carboxylic acids is 2. The third-order valence-corrected chi connectivity index (χ3v) is 5.51. The van der Waals surface area contributed by atoms with Crippen molar-refractivity contribution in [3.05, 3.63) is 65.7 Å². The summed E-state index contributed by atoms with van der Waals surface area (Å²) in [5.41, 5.74) is 1.04. The van der Waals surface area contributed by atoms with Crippen LogP contribution in [0.3, 0.4) is 0 Å². The highest BCUT2D eigenvalue weighted by molar-refractivity contribution is 6.12. The fraction of sp³-hybridized carbons (Fsp3) is 0.423. The maximum atomic E-state index is 13.4. The lowest BCUT2D eigenvalue weighted by atomic mass is 9.86. The van der Waals surface area contributed by atoms with Crippen molar-refractivity contribution in [1.29, 1.82) is 0 Å². The second-order valence-corrected chi connectivity index (χ2v) is 9.16. The fourth-order valence-corrected chi connectivity index (χ4v) is 3.40. The third kappa shape index (κ3) is 7.15. The van der Waals surface area contributed by atoms with Crippen LogP contribution in [0.2, 0.25) is 0 Å². The summed E-state index contributed by atoms with van der Waals surface area (Å²) in [7, 11) is 0. The molecule has 0 aromatic heterocycles.